The van der Waals surface area contributed by atoms with E-state index in [0.29, 0.717) is 10.8 Å². The molecule has 32 heavy (non-hydrogen) atoms. The highest BCUT2D eigenvalue weighted by atomic mass is 35.5. The van der Waals surface area contributed by atoms with E-state index in [-0.39, 0.29) is 24.3 Å². The van der Waals surface area contributed by atoms with Crippen LogP contribution in [0.3, 0.4) is 0 Å². The van der Waals surface area contributed by atoms with Gasteiger partial charge >= 0.3 is 6.16 Å². The Balaban J connectivity index is 1.46. The Labute approximate surface area is 188 Å². The summed E-state index contributed by atoms with van der Waals surface area (Å²) in [5.74, 6) is -0.532. The van der Waals surface area contributed by atoms with Crippen molar-refractivity contribution < 1.29 is 37.4 Å². The second-order valence-corrected chi connectivity index (χ2v) is 9.60. The zero-order valence-electron chi connectivity index (χ0n) is 16.5. The number of hydroxylamine groups is 1. The summed E-state index contributed by atoms with van der Waals surface area (Å²) in [5, 5.41) is 9.75. The first kappa shape index (κ1) is 22.3. The summed E-state index contributed by atoms with van der Waals surface area (Å²) in [6.45, 7) is 0.267. The van der Waals surface area contributed by atoms with E-state index in [1.807, 2.05) is 12.1 Å². The summed E-state index contributed by atoms with van der Waals surface area (Å²) in [7, 11) is -4.18. The van der Waals surface area contributed by atoms with E-state index >= 15 is 0 Å². The molecule has 2 aromatic carbocycles. The average Bonchev–Trinajstić information content (AvgIpc) is 3.27. The summed E-state index contributed by atoms with van der Waals surface area (Å²) < 4.78 is 43.8. The molecular weight excluding hydrogens is 464 g/mol. The van der Waals surface area contributed by atoms with Gasteiger partial charge in [0.1, 0.15) is 30.1 Å². The number of fused-ring (bicyclic) bond motifs is 1. The molecule has 0 radical (unpaired) electrons. The van der Waals surface area contributed by atoms with Crippen molar-refractivity contribution in [3.05, 3.63) is 59.1 Å². The fourth-order valence-corrected chi connectivity index (χ4v) is 5.26. The highest BCUT2D eigenvalue weighted by Gasteiger charge is 2.58. The summed E-state index contributed by atoms with van der Waals surface area (Å²) >= 11 is 5.85. The van der Waals surface area contributed by atoms with Crippen molar-refractivity contribution in [2.75, 3.05) is 0 Å². The summed E-state index contributed by atoms with van der Waals surface area (Å²) in [5.41, 5.74) is 0.623. The number of ether oxygens (including phenoxy) is 3. The van der Waals surface area contributed by atoms with Crippen molar-refractivity contribution in [1.29, 1.82) is 0 Å². The smallest absolute Gasteiger partial charge is 0.489 e. The second kappa shape index (κ2) is 8.58. The highest BCUT2D eigenvalue weighted by molar-refractivity contribution is 7.89. The first-order valence-corrected chi connectivity index (χ1v) is 11.4. The van der Waals surface area contributed by atoms with Crippen LogP contribution in [0, 0.1) is 0 Å². The third-order valence-electron chi connectivity index (χ3n) is 5.33. The van der Waals surface area contributed by atoms with Crippen LogP contribution in [-0.4, -0.2) is 43.4 Å². The van der Waals surface area contributed by atoms with Crippen LogP contribution in [0.25, 0.3) is 0 Å². The zero-order valence-corrected chi connectivity index (χ0v) is 18.1. The van der Waals surface area contributed by atoms with Crippen LogP contribution in [0.4, 0.5) is 4.79 Å². The van der Waals surface area contributed by atoms with Crippen LogP contribution in [0.5, 0.6) is 5.75 Å². The van der Waals surface area contributed by atoms with Crippen LogP contribution in [0.15, 0.2) is 53.4 Å². The molecule has 2 unspecified atom stereocenters. The molecule has 170 valence electrons. The molecule has 0 aromatic heterocycles. The van der Waals surface area contributed by atoms with Gasteiger partial charge in [0.25, 0.3) is 5.91 Å². The first-order valence-electron chi connectivity index (χ1n) is 9.54. The van der Waals surface area contributed by atoms with Crippen molar-refractivity contribution in [2.45, 2.75) is 42.1 Å². The first-order chi connectivity index (χ1) is 15.2. The number of hydrogen-bond acceptors (Lipinski definition) is 8. The normalized spacial score (nSPS) is 24.4. The Morgan fingerprint density at radius 2 is 1.69 bits per heavy atom. The van der Waals surface area contributed by atoms with Gasteiger partial charge in [-0.25, -0.2) is 18.7 Å². The molecule has 4 rings (SSSR count). The summed E-state index contributed by atoms with van der Waals surface area (Å²) in [6, 6.07) is 12.7. The second-order valence-electron chi connectivity index (χ2n) is 7.49. The fourth-order valence-electron chi connectivity index (χ4n) is 3.74. The van der Waals surface area contributed by atoms with Gasteiger partial charge in [0.15, 0.2) is 0 Å². The Bertz CT molecular complexity index is 1110. The lowest BCUT2D eigenvalue weighted by Gasteiger charge is -2.27. The number of carbonyl (C=O) groups is 2. The molecule has 2 aromatic rings. The number of sulfonamides is 1. The lowest BCUT2D eigenvalue weighted by atomic mass is 9.98. The molecule has 1 saturated heterocycles. The maximum atomic E-state index is 12.9. The number of halogens is 1. The van der Waals surface area contributed by atoms with E-state index in [1.165, 1.54) is 29.7 Å². The van der Waals surface area contributed by atoms with Crippen molar-refractivity contribution >= 4 is 33.7 Å². The molecule has 1 heterocycles. The Morgan fingerprint density at radius 1 is 1.09 bits per heavy atom. The maximum Gasteiger partial charge on any atom is 0.509 e. The van der Waals surface area contributed by atoms with Gasteiger partial charge in [-0.2, -0.15) is 4.72 Å². The molecule has 1 aliphatic heterocycles. The average molecular weight is 483 g/mol. The molecule has 2 atom stereocenters. The van der Waals surface area contributed by atoms with Crippen molar-refractivity contribution in [2.24, 2.45) is 0 Å². The van der Waals surface area contributed by atoms with E-state index in [0.717, 1.165) is 5.56 Å². The predicted molar refractivity (Wildman–Crippen MR) is 110 cm³/mol. The molecule has 2 fully saturated rings. The zero-order chi connectivity index (χ0) is 22.9. The van der Waals surface area contributed by atoms with E-state index in [4.69, 9.17) is 31.0 Å². The number of nitrogens with one attached hydrogen (secondary N) is 2. The van der Waals surface area contributed by atoms with E-state index in [2.05, 4.69) is 4.72 Å². The summed E-state index contributed by atoms with van der Waals surface area (Å²) in [6.07, 6.45) is -2.85. The maximum absolute atomic E-state index is 12.9. The van der Waals surface area contributed by atoms with Crippen LogP contribution < -0.4 is 14.9 Å². The topological polar surface area (TPSA) is 140 Å². The molecule has 10 nitrogen and oxygen atoms in total. The Hall–Kier alpha value is -2.86. The predicted octanol–water partition coefficient (Wildman–Crippen LogP) is 2.14. The van der Waals surface area contributed by atoms with Gasteiger partial charge in [-0.15, -0.1) is 0 Å². The number of carbonyl (C=O) groups excluding carboxylic acids is 2. The number of hydrogen-bond donors (Lipinski definition) is 3. The van der Waals surface area contributed by atoms with Crippen LogP contribution in [0.1, 0.15) is 18.4 Å². The SMILES string of the molecule is O=C1OC2CC(NS(=O)(=O)c3ccc(OCc4ccc(Cl)cc4)cc3)(C(=O)NO)CC2O1. The molecule has 1 saturated carbocycles. The minimum atomic E-state index is -4.18. The molecule has 2 aliphatic rings. The molecular formula is C20H19ClN2O8S. The molecule has 3 N–H and O–H groups in total. The number of rotatable bonds is 7. The monoisotopic (exact) mass is 482 g/mol. The minimum absolute atomic E-state index is 0.114. The standard InChI is InChI=1S/C20H19ClN2O8S/c21-13-3-1-12(2-4-13)11-29-14-5-7-15(8-6-14)32(27,28)23-20(18(24)22-26)9-16-17(10-20)31-19(25)30-16/h1-8,16-17,23,26H,9-11H2,(H,22,24). The van der Waals surface area contributed by atoms with E-state index in [9.17, 15) is 18.0 Å². The molecule has 0 spiro atoms. The van der Waals surface area contributed by atoms with Gasteiger partial charge in [-0.3, -0.25) is 10.0 Å². The molecule has 0 bridgehead atoms. The van der Waals surface area contributed by atoms with Crippen molar-refractivity contribution in [1.82, 2.24) is 10.2 Å². The largest absolute Gasteiger partial charge is 0.509 e. The molecule has 1 amide bonds. The van der Waals surface area contributed by atoms with Crippen molar-refractivity contribution in [3.8, 4) is 5.75 Å². The third kappa shape index (κ3) is 4.51. The van der Waals surface area contributed by atoms with Gasteiger partial charge in [-0.05, 0) is 42.0 Å². The Morgan fingerprint density at radius 3 is 2.25 bits per heavy atom. The van der Waals surface area contributed by atoms with Gasteiger partial charge in [0, 0.05) is 17.9 Å². The van der Waals surface area contributed by atoms with Gasteiger partial charge in [0.05, 0.1) is 4.90 Å². The molecule has 1 aliphatic carbocycles. The van der Waals surface area contributed by atoms with E-state index in [1.54, 1.807) is 12.1 Å². The quantitative estimate of drug-likeness (QED) is 0.310. The lowest BCUT2D eigenvalue weighted by molar-refractivity contribution is -0.136. The number of benzene rings is 2. The van der Waals surface area contributed by atoms with Gasteiger partial charge in [0.2, 0.25) is 10.0 Å². The van der Waals surface area contributed by atoms with Gasteiger partial charge < -0.3 is 14.2 Å². The van der Waals surface area contributed by atoms with Crippen LogP contribution in [0.2, 0.25) is 5.02 Å². The molecule has 12 heteroatoms. The van der Waals surface area contributed by atoms with Crippen molar-refractivity contribution in [3.63, 3.8) is 0 Å². The van der Waals surface area contributed by atoms with E-state index < -0.39 is 39.8 Å². The third-order valence-corrected chi connectivity index (χ3v) is 7.13. The summed E-state index contributed by atoms with van der Waals surface area (Å²) in [4.78, 5) is 23.5. The fraction of sp³-hybridized carbons (Fsp3) is 0.300. The highest BCUT2D eigenvalue weighted by Crippen LogP contribution is 2.39. The lowest BCUT2D eigenvalue weighted by Crippen LogP contribution is -2.57. The minimum Gasteiger partial charge on any atom is -0.489 e. The van der Waals surface area contributed by atoms with Gasteiger partial charge in [-0.1, -0.05) is 23.7 Å². The van der Waals surface area contributed by atoms with Crippen LogP contribution in [-0.2, 0) is 30.9 Å². The van der Waals surface area contributed by atoms with Crippen LogP contribution >= 0.6 is 11.6 Å². The number of amides is 1. The Kier molecular flexibility index (Phi) is 5.99.